The molecular weight excluding hydrogens is 432 g/mol. The number of esters is 1. The SMILES string of the molecule is CCOC(=O)CC(NC(=O)c1cc2cc([N+](=O)[O-])cc(OC)c2oc1=O)c1ccc(C)cc1. The first-order chi connectivity index (χ1) is 15.7. The van der Waals surface area contributed by atoms with Gasteiger partial charge in [0.15, 0.2) is 11.3 Å². The lowest BCUT2D eigenvalue weighted by atomic mass is 10.0. The summed E-state index contributed by atoms with van der Waals surface area (Å²) in [6.07, 6.45) is -0.152. The normalized spacial score (nSPS) is 11.6. The molecule has 0 saturated carbocycles. The monoisotopic (exact) mass is 454 g/mol. The highest BCUT2D eigenvalue weighted by Gasteiger charge is 2.24. The van der Waals surface area contributed by atoms with Crippen LogP contribution in [-0.4, -0.2) is 30.5 Å². The van der Waals surface area contributed by atoms with E-state index in [9.17, 15) is 24.5 Å². The molecule has 10 heteroatoms. The molecule has 0 radical (unpaired) electrons. The fraction of sp³-hybridized carbons (Fsp3) is 0.261. The van der Waals surface area contributed by atoms with E-state index in [-0.39, 0.29) is 41.0 Å². The number of nitrogens with one attached hydrogen (secondary N) is 1. The number of nitro groups is 1. The number of ether oxygens (including phenoxy) is 2. The number of non-ortho nitro benzene ring substituents is 1. The van der Waals surface area contributed by atoms with E-state index in [1.54, 1.807) is 19.1 Å². The number of rotatable bonds is 8. The Morgan fingerprint density at radius 1 is 1.18 bits per heavy atom. The van der Waals surface area contributed by atoms with E-state index in [0.717, 1.165) is 11.6 Å². The predicted molar refractivity (Wildman–Crippen MR) is 118 cm³/mol. The number of carbonyl (C=O) groups excluding carboxylic acids is 2. The zero-order chi connectivity index (χ0) is 24.1. The van der Waals surface area contributed by atoms with Gasteiger partial charge in [-0.1, -0.05) is 29.8 Å². The molecule has 1 heterocycles. The molecule has 3 rings (SSSR count). The zero-order valence-electron chi connectivity index (χ0n) is 18.2. The molecule has 0 spiro atoms. The molecule has 2 aromatic carbocycles. The van der Waals surface area contributed by atoms with Gasteiger partial charge in [-0.25, -0.2) is 4.79 Å². The molecule has 1 amide bonds. The van der Waals surface area contributed by atoms with Gasteiger partial charge in [-0.3, -0.25) is 19.7 Å². The summed E-state index contributed by atoms with van der Waals surface area (Å²) in [5, 5.41) is 14.0. The Labute approximate surface area is 188 Å². The summed E-state index contributed by atoms with van der Waals surface area (Å²) in [6, 6.07) is 9.90. The topological polar surface area (TPSA) is 138 Å². The van der Waals surface area contributed by atoms with Crippen LogP contribution in [0.5, 0.6) is 5.75 Å². The molecule has 0 aliphatic rings. The molecule has 1 atom stereocenters. The van der Waals surface area contributed by atoms with Crippen LogP contribution in [0.3, 0.4) is 0 Å². The van der Waals surface area contributed by atoms with Gasteiger partial charge in [-0.2, -0.15) is 0 Å². The first-order valence-corrected chi connectivity index (χ1v) is 10.1. The van der Waals surface area contributed by atoms with Crippen molar-refractivity contribution in [2.24, 2.45) is 0 Å². The molecule has 10 nitrogen and oxygen atoms in total. The molecular formula is C23H22N2O8. The number of methoxy groups -OCH3 is 1. The summed E-state index contributed by atoms with van der Waals surface area (Å²) >= 11 is 0. The van der Waals surface area contributed by atoms with Crippen molar-refractivity contribution in [1.29, 1.82) is 0 Å². The average molecular weight is 454 g/mol. The van der Waals surface area contributed by atoms with Crippen LogP contribution in [0.1, 0.15) is 40.9 Å². The van der Waals surface area contributed by atoms with Crippen molar-refractivity contribution in [3.63, 3.8) is 0 Å². The van der Waals surface area contributed by atoms with E-state index < -0.39 is 28.5 Å². The highest BCUT2D eigenvalue weighted by atomic mass is 16.6. The molecule has 0 aliphatic carbocycles. The summed E-state index contributed by atoms with van der Waals surface area (Å²) < 4.78 is 15.3. The molecule has 1 unspecified atom stereocenters. The standard InChI is InChI=1S/C23H22N2O8/c1-4-32-20(26)12-18(14-7-5-13(2)6-8-14)24-22(27)17-10-15-9-16(25(29)30)11-19(31-3)21(15)33-23(17)28/h5-11,18H,4,12H2,1-3H3,(H,24,27). The van der Waals surface area contributed by atoms with Crippen LogP contribution in [0.25, 0.3) is 11.0 Å². The molecule has 1 aromatic heterocycles. The quantitative estimate of drug-likeness (QED) is 0.236. The van der Waals surface area contributed by atoms with Gasteiger partial charge in [0.25, 0.3) is 11.6 Å². The molecule has 172 valence electrons. The number of aryl methyl sites for hydroxylation is 1. The fourth-order valence-electron chi connectivity index (χ4n) is 3.28. The van der Waals surface area contributed by atoms with Crippen molar-refractivity contribution >= 4 is 28.5 Å². The number of fused-ring (bicyclic) bond motifs is 1. The molecule has 0 saturated heterocycles. The molecule has 3 aromatic rings. The van der Waals surface area contributed by atoms with Gasteiger partial charge in [0.05, 0.1) is 37.2 Å². The summed E-state index contributed by atoms with van der Waals surface area (Å²) in [6.45, 7) is 3.75. The van der Waals surface area contributed by atoms with Crippen LogP contribution < -0.4 is 15.7 Å². The van der Waals surface area contributed by atoms with Crippen molar-refractivity contribution < 1.29 is 28.4 Å². The first kappa shape index (κ1) is 23.5. The number of nitrogens with zero attached hydrogens (tertiary/aromatic N) is 1. The summed E-state index contributed by atoms with van der Waals surface area (Å²) in [5.41, 5.74) is -0.00205. The third-order valence-electron chi connectivity index (χ3n) is 4.92. The maximum Gasteiger partial charge on any atom is 0.349 e. The fourth-order valence-corrected chi connectivity index (χ4v) is 3.28. The second kappa shape index (κ2) is 9.94. The Morgan fingerprint density at radius 3 is 2.48 bits per heavy atom. The van der Waals surface area contributed by atoms with Crippen molar-refractivity contribution in [3.8, 4) is 5.75 Å². The van der Waals surface area contributed by atoms with Crippen LogP contribution in [0.4, 0.5) is 5.69 Å². The Bertz CT molecular complexity index is 1260. The van der Waals surface area contributed by atoms with Gasteiger partial charge in [-0.15, -0.1) is 0 Å². The number of benzene rings is 2. The minimum atomic E-state index is -0.953. The molecule has 0 fully saturated rings. The van der Waals surface area contributed by atoms with E-state index in [1.165, 1.54) is 19.2 Å². The molecule has 0 bridgehead atoms. The average Bonchev–Trinajstić information content (AvgIpc) is 2.78. The maximum absolute atomic E-state index is 13.0. The third kappa shape index (κ3) is 5.35. The van der Waals surface area contributed by atoms with Gasteiger partial charge in [0, 0.05) is 11.5 Å². The van der Waals surface area contributed by atoms with E-state index in [4.69, 9.17) is 13.9 Å². The molecule has 1 N–H and O–H groups in total. The van der Waals surface area contributed by atoms with Gasteiger partial charge in [0.1, 0.15) is 5.56 Å². The number of amides is 1. The van der Waals surface area contributed by atoms with Crippen LogP contribution >= 0.6 is 0 Å². The van der Waals surface area contributed by atoms with Gasteiger partial charge in [0.2, 0.25) is 0 Å². The van der Waals surface area contributed by atoms with E-state index in [0.29, 0.717) is 5.56 Å². The zero-order valence-corrected chi connectivity index (χ0v) is 18.2. The van der Waals surface area contributed by atoms with Crippen molar-refractivity contribution in [2.45, 2.75) is 26.3 Å². The highest BCUT2D eigenvalue weighted by Crippen LogP contribution is 2.30. The van der Waals surface area contributed by atoms with Crippen molar-refractivity contribution in [1.82, 2.24) is 5.32 Å². The third-order valence-corrected chi connectivity index (χ3v) is 4.92. The largest absolute Gasteiger partial charge is 0.493 e. The Kier molecular flexibility index (Phi) is 7.07. The summed E-state index contributed by atoms with van der Waals surface area (Å²) in [5.74, 6) is -1.33. The number of hydrogen-bond acceptors (Lipinski definition) is 8. The van der Waals surface area contributed by atoms with Crippen LogP contribution in [-0.2, 0) is 9.53 Å². The number of carbonyl (C=O) groups is 2. The maximum atomic E-state index is 13.0. The smallest absolute Gasteiger partial charge is 0.349 e. The van der Waals surface area contributed by atoms with Crippen LogP contribution in [0.2, 0.25) is 0 Å². The van der Waals surface area contributed by atoms with Gasteiger partial charge in [-0.05, 0) is 25.5 Å². The lowest BCUT2D eigenvalue weighted by Gasteiger charge is -2.18. The lowest BCUT2D eigenvalue weighted by molar-refractivity contribution is -0.384. The minimum absolute atomic E-state index is 0.0110. The minimum Gasteiger partial charge on any atom is -0.493 e. The van der Waals surface area contributed by atoms with Crippen molar-refractivity contribution in [2.75, 3.05) is 13.7 Å². The molecule has 0 aliphatic heterocycles. The number of nitro benzene ring substituents is 1. The Balaban J connectivity index is 2.00. The second-order valence-corrected chi connectivity index (χ2v) is 7.22. The first-order valence-electron chi connectivity index (χ1n) is 10.1. The van der Waals surface area contributed by atoms with E-state index in [1.807, 2.05) is 19.1 Å². The lowest BCUT2D eigenvalue weighted by Crippen LogP contribution is -2.33. The summed E-state index contributed by atoms with van der Waals surface area (Å²) in [7, 11) is 1.28. The highest BCUT2D eigenvalue weighted by molar-refractivity contribution is 5.98. The van der Waals surface area contributed by atoms with Crippen LogP contribution in [0.15, 0.2) is 51.7 Å². The Hall–Kier alpha value is -4.21. The van der Waals surface area contributed by atoms with Gasteiger partial charge >= 0.3 is 11.6 Å². The predicted octanol–water partition coefficient (Wildman–Crippen LogP) is 3.44. The van der Waals surface area contributed by atoms with Gasteiger partial charge < -0.3 is 19.2 Å². The second-order valence-electron chi connectivity index (χ2n) is 7.22. The van der Waals surface area contributed by atoms with Crippen LogP contribution in [0, 0.1) is 17.0 Å². The number of hydrogen-bond donors (Lipinski definition) is 1. The van der Waals surface area contributed by atoms with Crippen molar-refractivity contribution in [3.05, 3.63) is 79.7 Å². The van der Waals surface area contributed by atoms with E-state index >= 15 is 0 Å². The van der Waals surface area contributed by atoms with E-state index in [2.05, 4.69) is 5.32 Å². The summed E-state index contributed by atoms with van der Waals surface area (Å²) in [4.78, 5) is 48.2. The Morgan fingerprint density at radius 2 is 1.88 bits per heavy atom. The molecule has 33 heavy (non-hydrogen) atoms.